The maximum absolute atomic E-state index is 13.3. The van der Waals surface area contributed by atoms with Crippen molar-refractivity contribution in [2.24, 2.45) is 16.2 Å². The second-order valence-electron chi connectivity index (χ2n) is 9.12. The van der Waals surface area contributed by atoms with Crippen LogP contribution >= 0.6 is 0 Å². The summed E-state index contributed by atoms with van der Waals surface area (Å²) in [6, 6.07) is 0. The number of aliphatic hydroxyl groups excluding tert-OH is 6. The van der Waals surface area contributed by atoms with Crippen molar-refractivity contribution >= 4 is 0 Å². The van der Waals surface area contributed by atoms with Crippen LogP contribution in [0, 0.1) is 16.2 Å². The van der Waals surface area contributed by atoms with Crippen LogP contribution in [0.2, 0.25) is 0 Å². The monoisotopic (exact) mass is 477 g/mol. The third-order valence-corrected chi connectivity index (χ3v) is 7.13. The van der Waals surface area contributed by atoms with E-state index in [1.807, 2.05) is 0 Å². The van der Waals surface area contributed by atoms with Gasteiger partial charge in [-0.3, -0.25) is 0 Å². The average Bonchev–Trinajstić information content (AvgIpc) is 2.86. The second-order valence-corrected chi connectivity index (χ2v) is 9.12. The van der Waals surface area contributed by atoms with E-state index in [-0.39, 0.29) is 38.9 Å². The highest BCUT2D eigenvalue weighted by Gasteiger charge is 2.35. The number of aliphatic hydroxyl groups is 6. The predicted molar refractivity (Wildman–Crippen MR) is 120 cm³/mol. The molecule has 0 aromatic carbocycles. The fourth-order valence-electron chi connectivity index (χ4n) is 3.55. The van der Waals surface area contributed by atoms with E-state index in [0.717, 1.165) is 13.7 Å². The van der Waals surface area contributed by atoms with Crippen LogP contribution in [-0.2, 0) is 19.6 Å². The normalized spacial score (nSPS) is 13.0. The number of hydrogen-bond donors (Lipinski definition) is 6. The molecule has 0 saturated heterocycles. The highest BCUT2D eigenvalue weighted by Crippen LogP contribution is 2.24. The first kappa shape index (κ1) is 29.2. The molecular formula is C21H39N3O9. The largest absolute Gasteiger partial charge is 0.396 e. The zero-order chi connectivity index (χ0) is 25.4. The smallest absolute Gasteiger partial charge is 0.336 e. The van der Waals surface area contributed by atoms with Crippen molar-refractivity contribution in [1.82, 2.24) is 13.7 Å². The van der Waals surface area contributed by atoms with Gasteiger partial charge in [-0.05, 0) is 19.3 Å². The summed E-state index contributed by atoms with van der Waals surface area (Å²) in [4.78, 5) is 39.8. The highest BCUT2D eigenvalue weighted by molar-refractivity contribution is 4.89. The fraction of sp³-hybridized carbons (Fsp3) is 0.857. The van der Waals surface area contributed by atoms with Crippen LogP contribution in [-0.4, -0.2) is 84.0 Å². The molecule has 1 heterocycles. The Bertz CT molecular complexity index is 748. The molecule has 33 heavy (non-hydrogen) atoms. The molecule has 0 spiro atoms. The minimum atomic E-state index is -1.21. The van der Waals surface area contributed by atoms with Crippen molar-refractivity contribution in [3.63, 3.8) is 0 Å². The molecule has 1 rings (SSSR count). The van der Waals surface area contributed by atoms with Gasteiger partial charge in [-0.25, -0.2) is 28.1 Å². The van der Waals surface area contributed by atoms with Crippen LogP contribution in [0.15, 0.2) is 14.4 Å². The molecule has 6 N–H and O–H groups in total. The summed E-state index contributed by atoms with van der Waals surface area (Å²) in [5, 5.41) is 59.0. The standard InChI is InChI=1S/C21H39N3O9/c1-4-19(10-25,11-26)7-22-16(31)23(8-20(5-2,12-27)13-28)18(33)24(17(22)32)9-21(6-3,14-29)15-30/h25-30H,4-15H2,1-3H3. The molecule has 12 nitrogen and oxygen atoms in total. The van der Waals surface area contributed by atoms with Gasteiger partial charge in [0.1, 0.15) is 0 Å². The quantitative estimate of drug-likeness (QED) is 0.156. The summed E-state index contributed by atoms with van der Waals surface area (Å²) in [6.45, 7) is 0.712. The molecule has 1 aromatic heterocycles. The molecule has 0 aliphatic rings. The molecule has 0 saturated carbocycles. The van der Waals surface area contributed by atoms with Gasteiger partial charge >= 0.3 is 17.1 Å². The van der Waals surface area contributed by atoms with Crippen LogP contribution in [0.25, 0.3) is 0 Å². The molecule has 12 heteroatoms. The Morgan fingerprint density at radius 2 is 0.667 bits per heavy atom. The zero-order valence-corrected chi connectivity index (χ0v) is 19.7. The minimum Gasteiger partial charge on any atom is -0.396 e. The van der Waals surface area contributed by atoms with E-state index < -0.39 is 73.0 Å². The van der Waals surface area contributed by atoms with Gasteiger partial charge < -0.3 is 30.6 Å². The summed E-state index contributed by atoms with van der Waals surface area (Å²) >= 11 is 0. The van der Waals surface area contributed by atoms with Crippen molar-refractivity contribution in [3.8, 4) is 0 Å². The summed E-state index contributed by atoms with van der Waals surface area (Å²) in [7, 11) is 0. The maximum atomic E-state index is 13.3. The Hall–Kier alpha value is -1.83. The van der Waals surface area contributed by atoms with E-state index in [4.69, 9.17) is 0 Å². The Kier molecular flexibility index (Phi) is 10.7. The lowest BCUT2D eigenvalue weighted by Crippen LogP contribution is -2.59. The van der Waals surface area contributed by atoms with E-state index in [1.165, 1.54) is 0 Å². The molecule has 0 aliphatic carbocycles. The van der Waals surface area contributed by atoms with E-state index in [1.54, 1.807) is 20.8 Å². The van der Waals surface area contributed by atoms with Crippen molar-refractivity contribution < 1.29 is 30.6 Å². The van der Waals surface area contributed by atoms with Gasteiger partial charge in [0.05, 0.1) is 39.6 Å². The van der Waals surface area contributed by atoms with Gasteiger partial charge in [0.15, 0.2) is 0 Å². The summed E-state index contributed by atoms with van der Waals surface area (Å²) in [5.74, 6) is 0. The van der Waals surface area contributed by atoms with Gasteiger partial charge in [-0.2, -0.15) is 0 Å². The van der Waals surface area contributed by atoms with Crippen LogP contribution in [0.1, 0.15) is 40.0 Å². The van der Waals surface area contributed by atoms with Gasteiger partial charge in [-0.1, -0.05) is 20.8 Å². The van der Waals surface area contributed by atoms with Crippen molar-refractivity contribution in [3.05, 3.63) is 31.5 Å². The topological polar surface area (TPSA) is 187 Å². The van der Waals surface area contributed by atoms with Gasteiger partial charge in [0, 0.05) is 35.9 Å². The fourth-order valence-corrected chi connectivity index (χ4v) is 3.55. The second kappa shape index (κ2) is 12.0. The lowest BCUT2D eigenvalue weighted by atomic mass is 9.86. The van der Waals surface area contributed by atoms with Crippen molar-refractivity contribution in [2.45, 2.75) is 59.7 Å². The molecule has 0 unspecified atom stereocenters. The summed E-state index contributed by atoms with van der Waals surface area (Å²) < 4.78 is 2.21. The van der Waals surface area contributed by atoms with Gasteiger partial charge in [0.2, 0.25) is 0 Å². The zero-order valence-electron chi connectivity index (χ0n) is 19.7. The highest BCUT2D eigenvalue weighted by atomic mass is 16.3. The Labute approximate surface area is 192 Å². The molecule has 0 fully saturated rings. The summed E-state index contributed by atoms with van der Waals surface area (Å²) in [5.41, 5.74) is -6.65. The number of aromatic nitrogens is 3. The molecule has 0 radical (unpaired) electrons. The van der Waals surface area contributed by atoms with Gasteiger partial charge in [0.25, 0.3) is 0 Å². The van der Waals surface area contributed by atoms with Gasteiger partial charge in [-0.15, -0.1) is 0 Å². The number of rotatable bonds is 15. The lowest BCUT2D eigenvalue weighted by Gasteiger charge is -2.32. The Morgan fingerprint density at radius 1 is 0.485 bits per heavy atom. The Morgan fingerprint density at radius 3 is 0.788 bits per heavy atom. The van der Waals surface area contributed by atoms with Crippen LogP contribution < -0.4 is 17.1 Å². The van der Waals surface area contributed by atoms with E-state index >= 15 is 0 Å². The third-order valence-electron chi connectivity index (χ3n) is 7.13. The predicted octanol–water partition coefficient (Wildman–Crippen LogP) is -2.69. The molecule has 0 amide bonds. The van der Waals surface area contributed by atoms with E-state index in [2.05, 4.69) is 0 Å². The molecular weight excluding hydrogens is 438 g/mol. The SMILES string of the molecule is CCC(CO)(CO)Cn1c(=O)n(CC(CC)(CO)CO)c(=O)n(CC(CC)(CO)CO)c1=O. The maximum Gasteiger partial charge on any atom is 0.336 e. The molecule has 0 bridgehead atoms. The first-order valence-electron chi connectivity index (χ1n) is 11.2. The van der Waals surface area contributed by atoms with Crippen molar-refractivity contribution in [2.75, 3.05) is 39.6 Å². The van der Waals surface area contributed by atoms with E-state index in [0.29, 0.717) is 0 Å². The molecule has 192 valence electrons. The van der Waals surface area contributed by atoms with Crippen LogP contribution in [0.5, 0.6) is 0 Å². The lowest BCUT2D eigenvalue weighted by molar-refractivity contribution is 0.0204. The minimum absolute atomic E-state index is 0.226. The average molecular weight is 478 g/mol. The first-order chi connectivity index (χ1) is 15.6. The number of hydrogen-bond acceptors (Lipinski definition) is 9. The van der Waals surface area contributed by atoms with Crippen LogP contribution in [0.3, 0.4) is 0 Å². The van der Waals surface area contributed by atoms with E-state index in [9.17, 15) is 45.0 Å². The summed E-state index contributed by atoms with van der Waals surface area (Å²) in [6.07, 6.45) is 0.677. The first-order valence-corrected chi connectivity index (χ1v) is 11.2. The Balaban J connectivity index is 3.95. The number of nitrogens with zero attached hydrogens (tertiary/aromatic N) is 3. The molecule has 0 atom stereocenters. The molecule has 0 aliphatic heterocycles. The third kappa shape index (κ3) is 5.81. The molecule has 1 aromatic rings. The van der Waals surface area contributed by atoms with Crippen LogP contribution in [0.4, 0.5) is 0 Å². The van der Waals surface area contributed by atoms with Crippen molar-refractivity contribution in [1.29, 1.82) is 0 Å².